The Morgan fingerprint density at radius 1 is 1.14 bits per heavy atom. The molecule has 1 fully saturated rings. The van der Waals surface area contributed by atoms with Crippen molar-refractivity contribution in [3.05, 3.63) is 59.9 Å². The molecular formula is C20H22N4O3S. The molecule has 1 aromatic carbocycles. The van der Waals surface area contributed by atoms with Crippen LogP contribution in [0.5, 0.6) is 5.75 Å². The molecule has 0 unspecified atom stereocenters. The lowest BCUT2D eigenvalue weighted by atomic mass is 9.91. The van der Waals surface area contributed by atoms with Gasteiger partial charge in [-0.2, -0.15) is 5.10 Å². The van der Waals surface area contributed by atoms with Crippen LogP contribution >= 0.6 is 0 Å². The number of hydrogen-bond acceptors (Lipinski definition) is 6. The van der Waals surface area contributed by atoms with Gasteiger partial charge in [0.15, 0.2) is 0 Å². The van der Waals surface area contributed by atoms with Gasteiger partial charge in [0.2, 0.25) is 15.7 Å². The zero-order chi connectivity index (χ0) is 19.4. The SMILES string of the molecule is CS(=O)(=O)N1CCC2(CC1)Oc1ccccc1[C@H]1CC(c3cccnc3)=NN12. The first-order valence-electron chi connectivity index (χ1n) is 9.47. The van der Waals surface area contributed by atoms with E-state index in [0.717, 1.165) is 29.0 Å². The van der Waals surface area contributed by atoms with Gasteiger partial charge in [-0.25, -0.2) is 17.7 Å². The van der Waals surface area contributed by atoms with Crippen LogP contribution in [0.3, 0.4) is 0 Å². The average molecular weight is 398 g/mol. The molecule has 5 rings (SSSR count). The molecule has 0 aliphatic carbocycles. The van der Waals surface area contributed by atoms with E-state index in [2.05, 4.69) is 16.1 Å². The third-order valence-corrected chi connectivity index (χ3v) is 7.18. The molecule has 0 radical (unpaired) electrons. The normalized spacial score (nSPS) is 23.7. The summed E-state index contributed by atoms with van der Waals surface area (Å²) in [5.41, 5.74) is 2.51. The summed E-state index contributed by atoms with van der Waals surface area (Å²) in [5.74, 6) is 0.874. The van der Waals surface area contributed by atoms with Gasteiger partial charge in [-0.3, -0.25) is 4.98 Å². The second kappa shape index (κ2) is 6.28. The van der Waals surface area contributed by atoms with E-state index in [1.165, 1.54) is 10.6 Å². The summed E-state index contributed by atoms with van der Waals surface area (Å²) in [4.78, 5) is 4.23. The number of benzene rings is 1. The van der Waals surface area contributed by atoms with Gasteiger partial charge in [0.05, 0.1) is 18.0 Å². The number of hydrogen-bond donors (Lipinski definition) is 0. The van der Waals surface area contributed by atoms with Gasteiger partial charge in [-0.1, -0.05) is 24.3 Å². The monoisotopic (exact) mass is 398 g/mol. The third kappa shape index (κ3) is 2.79. The first-order chi connectivity index (χ1) is 13.5. The molecule has 3 aliphatic heterocycles. The second-order valence-electron chi connectivity index (χ2n) is 7.60. The van der Waals surface area contributed by atoms with Crippen LogP contribution in [0.1, 0.15) is 36.4 Å². The van der Waals surface area contributed by atoms with Crippen molar-refractivity contribution < 1.29 is 13.2 Å². The van der Waals surface area contributed by atoms with Gasteiger partial charge < -0.3 is 4.74 Å². The summed E-state index contributed by atoms with van der Waals surface area (Å²) in [6.07, 6.45) is 6.79. The van der Waals surface area contributed by atoms with Crippen LogP contribution in [0.25, 0.3) is 0 Å². The number of ether oxygens (including phenoxy) is 1. The highest BCUT2D eigenvalue weighted by atomic mass is 32.2. The molecule has 7 nitrogen and oxygen atoms in total. The van der Waals surface area contributed by atoms with E-state index >= 15 is 0 Å². The molecule has 146 valence electrons. The number of aromatic nitrogens is 1. The van der Waals surface area contributed by atoms with Crippen LogP contribution in [-0.2, 0) is 10.0 Å². The van der Waals surface area contributed by atoms with Crippen LogP contribution in [0.4, 0.5) is 0 Å². The molecular weight excluding hydrogens is 376 g/mol. The van der Waals surface area contributed by atoms with Gasteiger partial charge in [0.1, 0.15) is 5.75 Å². The Balaban J connectivity index is 1.54. The van der Waals surface area contributed by atoms with Crippen molar-refractivity contribution in [2.75, 3.05) is 19.3 Å². The summed E-state index contributed by atoms with van der Waals surface area (Å²) in [6, 6.07) is 12.1. The van der Waals surface area contributed by atoms with Crippen molar-refractivity contribution >= 4 is 15.7 Å². The van der Waals surface area contributed by atoms with E-state index < -0.39 is 15.7 Å². The maximum Gasteiger partial charge on any atom is 0.211 e. The Labute approximate surface area is 164 Å². The van der Waals surface area contributed by atoms with E-state index in [0.29, 0.717) is 25.9 Å². The number of nitrogens with zero attached hydrogens (tertiary/aromatic N) is 4. The molecule has 28 heavy (non-hydrogen) atoms. The number of sulfonamides is 1. The number of pyridine rings is 1. The summed E-state index contributed by atoms with van der Waals surface area (Å²) in [7, 11) is -3.20. The van der Waals surface area contributed by atoms with Crippen molar-refractivity contribution in [2.24, 2.45) is 5.10 Å². The Bertz CT molecular complexity index is 1030. The fourth-order valence-corrected chi connectivity index (χ4v) is 5.28. The van der Waals surface area contributed by atoms with Crippen LogP contribution in [0.15, 0.2) is 53.9 Å². The van der Waals surface area contributed by atoms with Crippen molar-refractivity contribution in [3.8, 4) is 5.75 Å². The van der Waals surface area contributed by atoms with Gasteiger partial charge in [0, 0.05) is 55.9 Å². The maximum atomic E-state index is 12.0. The molecule has 8 heteroatoms. The molecule has 1 aromatic heterocycles. The Kier molecular flexibility index (Phi) is 3.96. The molecule has 2 aromatic rings. The maximum absolute atomic E-state index is 12.0. The largest absolute Gasteiger partial charge is 0.466 e. The molecule has 0 saturated carbocycles. The minimum absolute atomic E-state index is 0.0879. The standard InChI is InChI=1S/C20H22N4O3S/c1-28(25,26)23-11-8-20(9-12-23)24-18(16-6-2-3-7-19(16)27-20)13-17(22-24)15-5-4-10-21-14-15/h2-7,10,14,18H,8-9,11-13H2,1H3/t18-/m1/s1. The zero-order valence-electron chi connectivity index (χ0n) is 15.7. The van der Waals surface area contributed by atoms with Gasteiger partial charge in [-0.05, 0) is 12.1 Å². The number of piperidine rings is 1. The van der Waals surface area contributed by atoms with Gasteiger partial charge >= 0.3 is 0 Å². The molecule has 1 spiro atoms. The smallest absolute Gasteiger partial charge is 0.211 e. The lowest BCUT2D eigenvalue weighted by Gasteiger charge is -2.50. The summed E-state index contributed by atoms with van der Waals surface area (Å²) < 4.78 is 31.9. The van der Waals surface area contributed by atoms with Gasteiger partial charge in [0.25, 0.3) is 0 Å². The third-order valence-electron chi connectivity index (χ3n) is 5.87. The highest BCUT2D eigenvalue weighted by Gasteiger charge is 2.52. The van der Waals surface area contributed by atoms with Crippen molar-refractivity contribution in [3.63, 3.8) is 0 Å². The molecule has 0 amide bonds. The zero-order valence-corrected chi connectivity index (χ0v) is 16.5. The van der Waals surface area contributed by atoms with Crippen LogP contribution in [0.2, 0.25) is 0 Å². The van der Waals surface area contributed by atoms with E-state index in [4.69, 9.17) is 9.84 Å². The highest BCUT2D eigenvalue weighted by Crippen LogP contribution is 2.49. The molecule has 4 heterocycles. The summed E-state index contributed by atoms with van der Waals surface area (Å²) >= 11 is 0. The highest BCUT2D eigenvalue weighted by molar-refractivity contribution is 7.88. The predicted molar refractivity (Wildman–Crippen MR) is 105 cm³/mol. The van der Waals surface area contributed by atoms with Crippen LogP contribution in [0, 0.1) is 0 Å². The lowest BCUT2D eigenvalue weighted by molar-refractivity contribution is -0.143. The van der Waals surface area contributed by atoms with Gasteiger partial charge in [-0.15, -0.1) is 0 Å². The second-order valence-corrected chi connectivity index (χ2v) is 9.58. The topological polar surface area (TPSA) is 75.1 Å². The summed E-state index contributed by atoms with van der Waals surface area (Å²) in [5, 5.41) is 7.04. The minimum atomic E-state index is -3.20. The number of para-hydroxylation sites is 1. The molecule has 3 aliphatic rings. The van der Waals surface area contributed by atoms with Crippen molar-refractivity contribution in [2.45, 2.75) is 31.0 Å². The van der Waals surface area contributed by atoms with E-state index in [9.17, 15) is 8.42 Å². The van der Waals surface area contributed by atoms with E-state index in [1.54, 1.807) is 6.20 Å². The Morgan fingerprint density at radius 3 is 2.64 bits per heavy atom. The Hall–Kier alpha value is -2.45. The number of fused-ring (bicyclic) bond motifs is 4. The first-order valence-corrected chi connectivity index (χ1v) is 11.3. The number of hydrazone groups is 1. The summed E-state index contributed by atoms with van der Waals surface area (Å²) in [6.45, 7) is 0.865. The molecule has 1 saturated heterocycles. The minimum Gasteiger partial charge on any atom is -0.466 e. The molecule has 0 N–H and O–H groups in total. The number of rotatable bonds is 2. The first kappa shape index (κ1) is 17.6. The fraction of sp³-hybridized carbons (Fsp3) is 0.400. The van der Waals surface area contributed by atoms with Crippen molar-refractivity contribution in [1.82, 2.24) is 14.3 Å². The van der Waals surface area contributed by atoms with Crippen LogP contribution < -0.4 is 4.74 Å². The predicted octanol–water partition coefficient (Wildman–Crippen LogP) is 2.38. The Morgan fingerprint density at radius 2 is 1.93 bits per heavy atom. The molecule has 1 atom stereocenters. The van der Waals surface area contributed by atoms with E-state index in [1.807, 2.05) is 36.5 Å². The lowest BCUT2D eigenvalue weighted by Crippen LogP contribution is -2.59. The van der Waals surface area contributed by atoms with Crippen LogP contribution in [-0.4, -0.2) is 53.5 Å². The quantitative estimate of drug-likeness (QED) is 0.776. The average Bonchev–Trinajstić information content (AvgIpc) is 3.15. The van der Waals surface area contributed by atoms with Crippen molar-refractivity contribution in [1.29, 1.82) is 0 Å². The molecule has 0 bridgehead atoms. The van der Waals surface area contributed by atoms with E-state index in [-0.39, 0.29) is 6.04 Å². The fourth-order valence-electron chi connectivity index (χ4n) is 4.43.